The first-order chi connectivity index (χ1) is 6.69. The van der Waals surface area contributed by atoms with E-state index in [-0.39, 0.29) is 0 Å². The van der Waals surface area contributed by atoms with Crippen molar-refractivity contribution in [1.82, 2.24) is 0 Å². The molecule has 0 saturated heterocycles. The van der Waals surface area contributed by atoms with E-state index in [2.05, 4.69) is 17.9 Å². The first-order valence-corrected chi connectivity index (χ1v) is 5.14. The largest absolute Gasteiger partial charge is 0.495 e. The van der Waals surface area contributed by atoms with Crippen molar-refractivity contribution >= 4 is 17.3 Å². The molecular weight excluding hydrogens is 198 g/mol. The van der Waals surface area contributed by atoms with Crippen molar-refractivity contribution in [3.05, 3.63) is 23.8 Å². The van der Waals surface area contributed by atoms with Gasteiger partial charge in [-0.15, -0.1) is 11.6 Å². The van der Waals surface area contributed by atoms with Gasteiger partial charge < -0.3 is 9.64 Å². The van der Waals surface area contributed by atoms with E-state index in [1.54, 1.807) is 7.11 Å². The highest BCUT2D eigenvalue weighted by Gasteiger charge is 2.07. The van der Waals surface area contributed by atoms with Crippen molar-refractivity contribution in [3.63, 3.8) is 0 Å². The van der Waals surface area contributed by atoms with Crippen LogP contribution >= 0.6 is 11.6 Å². The molecule has 0 N–H and O–H groups in total. The number of hydrogen-bond donors (Lipinski definition) is 0. The van der Waals surface area contributed by atoms with Gasteiger partial charge in [-0.05, 0) is 24.6 Å². The number of ether oxygens (including phenoxy) is 1. The SMILES string of the molecule is COc1ccc(C)cc1N(C)CCCl. The van der Waals surface area contributed by atoms with Crippen LogP contribution in [-0.4, -0.2) is 26.6 Å². The smallest absolute Gasteiger partial charge is 0.142 e. The minimum absolute atomic E-state index is 0.619. The van der Waals surface area contributed by atoms with E-state index < -0.39 is 0 Å². The highest BCUT2D eigenvalue weighted by molar-refractivity contribution is 6.18. The van der Waals surface area contributed by atoms with Crippen LogP contribution in [0.2, 0.25) is 0 Å². The van der Waals surface area contributed by atoms with Gasteiger partial charge >= 0.3 is 0 Å². The molecule has 0 aliphatic rings. The molecule has 0 amide bonds. The number of nitrogens with zero attached hydrogens (tertiary/aromatic N) is 1. The standard InChI is InChI=1S/C11H16ClNO/c1-9-4-5-11(14-3)10(8-9)13(2)7-6-12/h4-5,8H,6-7H2,1-3H3. The summed E-state index contributed by atoms with van der Waals surface area (Å²) in [5.74, 6) is 1.51. The maximum Gasteiger partial charge on any atom is 0.142 e. The van der Waals surface area contributed by atoms with E-state index in [9.17, 15) is 0 Å². The van der Waals surface area contributed by atoms with Crippen molar-refractivity contribution in [2.75, 3.05) is 31.5 Å². The molecule has 0 aliphatic heterocycles. The summed E-state index contributed by atoms with van der Waals surface area (Å²) in [6.07, 6.45) is 0. The molecule has 0 aromatic heterocycles. The number of hydrogen-bond acceptors (Lipinski definition) is 2. The van der Waals surface area contributed by atoms with Crippen molar-refractivity contribution < 1.29 is 4.74 Å². The molecule has 78 valence electrons. The van der Waals surface area contributed by atoms with Crippen LogP contribution in [0.3, 0.4) is 0 Å². The predicted molar refractivity (Wildman–Crippen MR) is 61.7 cm³/mol. The molecule has 0 fully saturated rings. The van der Waals surface area contributed by atoms with Crippen LogP contribution in [0.15, 0.2) is 18.2 Å². The minimum atomic E-state index is 0.619. The van der Waals surface area contributed by atoms with Crippen LogP contribution in [-0.2, 0) is 0 Å². The topological polar surface area (TPSA) is 12.5 Å². The molecule has 0 unspecified atom stereocenters. The molecule has 1 rings (SSSR count). The molecule has 1 aromatic carbocycles. The summed E-state index contributed by atoms with van der Waals surface area (Å²) in [4.78, 5) is 2.10. The zero-order valence-electron chi connectivity index (χ0n) is 8.88. The summed E-state index contributed by atoms with van der Waals surface area (Å²) in [7, 11) is 3.70. The third-order valence-corrected chi connectivity index (χ3v) is 2.33. The fourth-order valence-corrected chi connectivity index (χ4v) is 1.60. The maximum absolute atomic E-state index is 5.70. The Morgan fingerprint density at radius 1 is 1.43 bits per heavy atom. The zero-order chi connectivity index (χ0) is 10.6. The first-order valence-electron chi connectivity index (χ1n) is 4.60. The molecule has 0 atom stereocenters. The number of benzene rings is 1. The highest BCUT2D eigenvalue weighted by atomic mass is 35.5. The van der Waals surface area contributed by atoms with E-state index in [4.69, 9.17) is 16.3 Å². The molecule has 1 aromatic rings. The van der Waals surface area contributed by atoms with Crippen molar-refractivity contribution in [2.24, 2.45) is 0 Å². The van der Waals surface area contributed by atoms with E-state index >= 15 is 0 Å². The fourth-order valence-electron chi connectivity index (χ4n) is 1.35. The van der Waals surface area contributed by atoms with E-state index in [1.165, 1.54) is 5.56 Å². The van der Waals surface area contributed by atoms with Gasteiger partial charge in [0.25, 0.3) is 0 Å². The van der Waals surface area contributed by atoms with Crippen molar-refractivity contribution in [1.29, 1.82) is 0 Å². The Balaban J connectivity index is 2.97. The third-order valence-electron chi connectivity index (χ3n) is 2.17. The Morgan fingerprint density at radius 3 is 2.71 bits per heavy atom. The zero-order valence-corrected chi connectivity index (χ0v) is 9.64. The van der Waals surface area contributed by atoms with Crippen LogP contribution in [0.25, 0.3) is 0 Å². The lowest BCUT2D eigenvalue weighted by molar-refractivity contribution is 0.415. The molecule has 0 spiro atoms. The number of halogens is 1. The van der Waals surface area contributed by atoms with Gasteiger partial charge in [-0.25, -0.2) is 0 Å². The average Bonchev–Trinajstić information content (AvgIpc) is 2.18. The van der Waals surface area contributed by atoms with Gasteiger partial charge in [0.05, 0.1) is 12.8 Å². The normalized spacial score (nSPS) is 10.0. The molecule has 0 aliphatic carbocycles. The number of aryl methyl sites for hydroxylation is 1. The minimum Gasteiger partial charge on any atom is -0.495 e. The molecule has 14 heavy (non-hydrogen) atoms. The fraction of sp³-hybridized carbons (Fsp3) is 0.455. The van der Waals surface area contributed by atoms with Gasteiger partial charge in [-0.1, -0.05) is 6.07 Å². The van der Waals surface area contributed by atoms with Crippen molar-refractivity contribution in [2.45, 2.75) is 6.92 Å². The number of alkyl halides is 1. The average molecular weight is 214 g/mol. The monoisotopic (exact) mass is 213 g/mol. The van der Waals surface area contributed by atoms with Crippen molar-refractivity contribution in [3.8, 4) is 5.75 Å². The molecule has 0 bridgehead atoms. The number of anilines is 1. The van der Waals surface area contributed by atoms with Gasteiger partial charge in [0.2, 0.25) is 0 Å². The summed E-state index contributed by atoms with van der Waals surface area (Å²) in [5.41, 5.74) is 2.32. The Kier molecular flexibility index (Phi) is 4.08. The summed E-state index contributed by atoms with van der Waals surface area (Å²) >= 11 is 5.70. The van der Waals surface area contributed by atoms with Crippen LogP contribution in [0.4, 0.5) is 5.69 Å². The van der Waals surface area contributed by atoms with Crippen LogP contribution in [0.5, 0.6) is 5.75 Å². The summed E-state index contributed by atoms with van der Waals surface area (Å²) in [6.45, 7) is 2.89. The van der Waals surface area contributed by atoms with E-state index in [0.29, 0.717) is 5.88 Å². The Morgan fingerprint density at radius 2 is 2.14 bits per heavy atom. The molecular formula is C11H16ClNO. The maximum atomic E-state index is 5.70. The summed E-state index contributed by atoms with van der Waals surface area (Å²) in [5, 5.41) is 0. The van der Waals surface area contributed by atoms with Crippen LogP contribution in [0, 0.1) is 6.92 Å². The quantitative estimate of drug-likeness (QED) is 0.714. The lowest BCUT2D eigenvalue weighted by atomic mass is 10.2. The van der Waals surface area contributed by atoms with E-state index in [1.807, 2.05) is 19.2 Å². The van der Waals surface area contributed by atoms with Gasteiger partial charge in [0, 0.05) is 19.5 Å². The number of methoxy groups -OCH3 is 1. The molecule has 3 heteroatoms. The second kappa shape index (κ2) is 5.11. The highest BCUT2D eigenvalue weighted by Crippen LogP contribution is 2.28. The van der Waals surface area contributed by atoms with Crippen LogP contribution in [0.1, 0.15) is 5.56 Å². The first kappa shape index (κ1) is 11.2. The second-order valence-electron chi connectivity index (χ2n) is 3.29. The van der Waals surface area contributed by atoms with Gasteiger partial charge in [-0.2, -0.15) is 0 Å². The number of rotatable bonds is 4. The Hall–Kier alpha value is -0.890. The lowest BCUT2D eigenvalue weighted by Crippen LogP contribution is -2.20. The Bertz CT molecular complexity index is 301. The van der Waals surface area contributed by atoms with Gasteiger partial charge in [-0.3, -0.25) is 0 Å². The Labute approximate surface area is 90.4 Å². The molecule has 0 radical (unpaired) electrons. The van der Waals surface area contributed by atoms with Gasteiger partial charge in [0.15, 0.2) is 0 Å². The molecule has 0 heterocycles. The second-order valence-corrected chi connectivity index (χ2v) is 3.66. The lowest BCUT2D eigenvalue weighted by Gasteiger charge is -2.21. The van der Waals surface area contributed by atoms with Crippen LogP contribution < -0.4 is 9.64 Å². The van der Waals surface area contributed by atoms with Gasteiger partial charge in [0.1, 0.15) is 5.75 Å². The third kappa shape index (κ3) is 2.55. The van der Waals surface area contributed by atoms with E-state index in [0.717, 1.165) is 18.0 Å². The summed E-state index contributed by atoms with van der Waals surface area (Å²) in [6, 6.07) is 6.12. The molecule has 2 nitrogen and oxygen atoms in total. The summed E-state index contributed by atoms with van der Waals surface area (Å²) < 4.78 is 5.28. The molecule has 0 saturated carbocycles. The predicted octanol–water partition coefficient (Wildman–Crippen LogP) is 2.68.